The van der Waals surface area contributed by atoms with Crippen LogP contribution < -0.4 is 0 Å². The van der Waals surface area contributed by atoms with Crippen LogP contribution in [0.2, 0.25) is 0 Å². The van der Waals surface area contributed by atoms with Crippen molar-refractivity contribution in [3.63, 3.8) is 0 Å². The number of aromatic nitrogens is 1. The molecule has 6 aromatic carbocycles. The van der Waals surface area contributed by atoms with Gasteiger partial charge in [-0.2, -0.15) is 0 Å². The highest BCUT2D eigenvalue weighted by Crippen LogP contribution is 2.46. The number of thiophene rings is 1. The van der Waals surface area contributed by atoms with Gasteiger partial charge in [0.15, 0.2) is 0 Å². The van der Waals surface area contributed by atoms with Crippen molar-refractivity contribution in [3.05, 3.63) is 115 Å². The number of aliphatic imine (C=N–C) groups is 1. The zero-order valence-electron chi connectivity index (χ0n) is 21.5. The van der Waals surface area contributed by atoms with Crippen molar-refractivity contribution in [1.29, 1.82) is 0 Å². The summed E-state index contributed by atoms with van der Waals surface area (Å²) in [4.78, 5) is 4.40. The van der Waals surface area contributed by atoms with Crippen molar-refractivity contribution in [2.75, 3.05) is 0 Å². The average molecular weight is 517 g/mol. The lowest BCUT2D eigenvalue weighted by Gasteiger charge is -2.14. The highest BCUT2D eigenvalue weighted by molar-refractivity contribution is 7.23. The first-order valence-electron chi connectivity index (χ1n) is 13.2. The van der Waals surface area contributed by atoms with E-state index in [0.29, 0.717) is 0 Å². The molecule has 2 heterocycles. The van der Waals surface area contributed by atoms with Crippen molar-refractivity contribution in [2.24, 2.45) is 4.99 Å². The molecule has 8 rings (SSSR count). The Morgan fingerprint density at radius 3 is 1.87 bits per heavy atom. The third kappa shape index (κ3) is 3.05. The fourth-order valence-corrected chi connectivity index (χ4v) is 7.49. The van der Waals surface area contributed by atoms with E-state index in [-0.39, 0.29) is 0 Å². The first-order valence-corrected chi connectivity index (χ1v) is 14.0. The number of hydrogen-bond acceptors (Lipinski definition) is 2. The first kappa shape index (κ1) is 22.3. The van der Waals surface area contributed by atoms with Gasteiger partial charge in [-0.15, -0.1) is 11.3 Å². The van der Waals surface area contributed by atoms with Crippen molar-refractivity contribution < 1.29 is 0 Å². The van der Waals surface area contributed by atoms with Crippen LogP contribution in [0.3, 0.4) is 0 Å². The second kappa shape index (κ2) is 8.39. The van der Waals surface area contributed by atoms with Crippen LogP contribution in [-0.2, 0) is 0 Å². The second-order valence-electron chi connectivity index (χ2n) is 9.99. The van der Waals surface area contributed by atoms with Crippen molar-refractivity contribution >= 4 is 93.3 Å². The van der Waals surface area contributed by atoms with Gasteiger partial charge in [0.2, 0.25) is 0 Å². The van der Waals surface area contributed by atoms with Crippen LogP contribution in [0.25, 0.3) is 76.0 Å². The first-order chi connectivity index (χ1) is 19.3. The zero-order chi connectivity index (χ0) is 26.1. The Bertz CT molecular complexity index is 2280. The molecule has 0 N–H and O–H groups in total. The molecule has 0 spiro atoms. The second-order valence-corrected chi connectivity index (χ2v) is 11.0. The maximum atomic E-state index is 4.40. The van der Waals surface area contributed by atoms with Crippen molar-refractivity contribution in [3.8, 4) is 5.69 Å². The Kier molecular flexibility index (Phi) is 4.79. The summed E-state index contributed by atoms with van der Waals surface area (Å²) in [5.41, 5.74) is 4.74. The third-order valence-corrected chi connectivity index (χ3v) is 9.13. The Morgan fingerprint density at radius 2 is 1.21 bits per heavy atom. The number of rotatable bonds is 3. The van der Waals surface area contributed by atoms with E-state index >= 15 is 0 Å². The number of para-hydroxylation sites is 1. The van der Waals surface area contributed by atoms with E-state index in [1.54, 1.807) is 11.3 Å². The normalized spacial score (nSPS) is 12.2. The summed E-state index contributed by atoms with van der Waals surface area (Å²) in [5, 5.41) is 12.4. The zero-order valence-corrected chi connectivity index (χ0v) is 22.3. The largest absolute Gasteiger partial charge is 0.308 e. The minimum absolute atomic E-state index is 0.961. The summed E-state index contributed by atoms with van der Waals surface area (Å²) in [6.07, 6.45) is 4.23. The van der Waals surface area contributed by atoms with Gasteiger partial charge >= 0.3 is 0 Å². The number of benzene rings is 6. The van der Waals surface area contributed by atoms with Gasteiger partial charge in [0.25, 0.3) is 0 Å². The monoisotopic (exact) mass is 516 g/mol. The van der Waals surface area contributed by atoms with Gasteiger partial charge in [-0.25, -0.2) is 0 Å². The molecule has 0 aliphatic carbocycles. The predicted octanol–water partition coefficient (Wildman–Crippen LogP) is 10.8. The van der Waals surface area contributed by atoms with Gasteiger partial charge < -0.3 is 4.57 Å². The Balaban J connectivity index is 1.55. The summed E-state index contributed by atoms with van der Waals surface area (Å²) < 4.78 is 3.68. The molecule has 0 aliphatic rings. The topological polar surface area (TPSA) is 17.3 Å². The van der Waals surface area contributed by atoms with E-state index in [9.17, 15) is 0 Å². The van der Waals surface area contributed by atoms with Crippen LogP contribution in [0, 0.1) is 0 Å². The van der Waals surface area contributed by atoms with E-state index in [1.165, 1.54) is 64.2 Å². The predicted molar refractivity (Wildman–Crippen MR) is 173 cm³/mol. The van der Waals surface area contributed by atoms with E-state index in [2.05, 4.69) is 138 Å². The molecule has 0 saturated heterocycles. The summed E-state index contributed by atoms with van der Waals surface area (Å²) >= 11 is 1.72. The summed E-state index contributed by atoms with van der Waals surface area (Å²) in [7, 11) is 0. The maximum Gasteiger partial charge on any atom is 0.123 e. The molecular formula is C36H24N2S. The molecule has 0 fully saturated rings. The molecule has 0 saturated carbocycles. The van der Waals surface area contributed by atoms with Gasteiger partial charge in [0, 0.05) is 27.4 Å². The van der Waals surface area contributed by atoms with Gasteiger partial charge in [0.1, 0.15) is 5.00 Å². The van der Waals surface area contributed by atoms with Gasteiger partial charge in [0.05, 0.1) is 15.7 Å². The molecule has 0 amide bonds. The minimum Gasteiger partial charge on any atom is -0.308 e. The van der Waals surface area contributed by atoms with Crippen LogP contribution in [0.1, 0.15) is 12.5 Å². The molecule has 184 valence electrons. The van der Waals surface area contributed by atoms with E-state index < -0.39 is 0 Å². The van der Waals surface area contributed by atoms with Crippen LogP contribution in [-0.4, -0.2) is 11.3 Å². The summed E-state index contributed by atoms with van der Waals surface area (Å²) in [5.74, 6) is 0. The van der Waals surface area contributed by atoms with Crippen molar-refractivity contribution in [1.82, 2.24) is 4.57 Å². The SMILES string of the molecule is C=Nc1sc2c(ccc3c4ccccc4n(-c4ccc5c6ccccc6c6ccccc6c5c4)c32)c1/C=C\C. The number of allylic oxidation sites excluding steroid dienone is 1. The quantitative estimate of drug-likeness (QED) is 0.164. The van der Waals surface area contributed by atoms with E-state index in [0.717, 1.165) is 16.3 Å². The Morgan fingerprint density at radius 1 is 0.641 bits per heavy atom. The highest BCUT2D eigenvalue weighted by Gasteiger charge is 2.19. The standard InChI is InChI=1S/C36H24N2S/c1-3-10-31-30-20-19-29-28-15-8-9-16-33(28)38(34(29)35(30)39-36(31)37-2)22-17-18-27-25-13-5-4-11-23(25)24-12-6-7-14-26(24)32(27)21-22/h3-21H,2H2,1H3/b10-3-. The lowest BCUT2D eigenvalue weighted by Crippen LogP contribution is -1.94. The van der Waals surface area contributed by atoms with E-state index in [4.69, 9.17) is 0 Å². The molecule has 2 nitrogen and oxygen atoms in total. The lowest BCUT2D eigenvalue weighted by molar-refractivity contribution is 1.19. The average Bonchev–Trinajstić information content (AvgIpc) is 3.53. The van der Waals surface area contributed by atoms with Crippen molar-refractivity contribution in [2.45, 2.75) is 6.92 Å². The summed E-state index contributed by atoms with van der Waals surface area (Å²) in [6, 6.07) is 37.7. The summed E-state index contributed by atoms with van der Waals surface area (Å²) in [6.45, 7) is 5.93. The van der Waals surface area contributed by atoms with Gasteiger partial charge in [-0.1, -0.05) is 97.1 Å². The lowest BCUT2D eigenvalue weighted by atomic mass is 9.94. The van der Waals surface area contributed by atoms with Crippen LogP contribution in [0.5, 0.6) is 0 Å². The molecule has 0 aliphatic heterocycles. The molecular weight excluding hydrogens is 492 g/mol. The Hall–Kier alpha value is -4.73. The molecule has 8 aromatic rings. The van der Waals surface area contributed by atoms with Gasteiger partial charge in [-0.3, -0.25) is 4.99 Å². The van der Waals surface area contributed by atoms with Crippen LogP contribution >= 0.6 is 11.3 Å². The molecule has 0 atom stereocenters. The number of nitrogens with zero attached hydrogens (tertiary/aromatic N) is 2. The van der Waals surface area contributed by atoms with Crippen LogP contribution in [0.15, 0.2) is 114 Å². The minimum atomic E-state index is 0.961. The fraction of sp³-hybridized carbons (Fsp3) is 0.0278. The maximum absolute atomic E-state index is 4.40. The Labute approximate surface area is 229 Å². The smallest absolute Gasteiger partial charge is 0.123 e. The number of fused-ring (bicyclic) bond motifs is 11. The molecule has 0 radical (unpaired) electrons. The fourth-order valence-electron chi connectivity index (χ4n) is 6.36. The number of hydrogen-bond donors (Lipinski definition) is 0. The highest BCUT2D eigenvalue weighted by atomic mass is 32.1. The molecule has 0 bridgehead atoms. The molecule has 2 aromatic heterocycles. The third-order valence-electron chi connectivity index (χ3n) is 7.97. The van der Waals surface area contributed by atoms with Crippen LogP contribution in [0.4, 0.5) is 5.00 Å². The van der Waals surface area contributed by atoms with E-state index in [1.807, 2.05) is 0 Å². The molecule has 0 unspecified atom stereocenters. The molecule has 3 heteroatoms. The molecule has 39 heavy (non-hydrogen) atoms. The van der Waals surface area contributed by atoms with Gasteiger partial charge in [-0.05, 0) is 64.2 Å².